The van der Waals surface area contributed by atoms with Gasteiger partial charge in [0.2, 0.25) is 0 Å². The molecule has 4 nitrogen and oxygen atoms in total. The van der Waals surface area contributed by atoms with Crippen LogP contribution in [0, 0.1) is 12.3 Å². The molecule has 0 saturated carbocycles. The molecule has 0 aliphatic carbocycles. The van der Waals surface area contributed by atoms with E-state index in [4.69, 9.17) is 10.1 Å². The molecule has 0 radical (unpaired) electrons. The van der Waals surface area contributed by atoms with E-state index in [-0.39, 0.29) is 0 Å². The lowest BCUT2D eigenvalue weighted by Crippen LogP contribution is -2.08. The lowest BCUT2D eigenvalue weighted by atomic mass is 10.0. The Kier molecular flexibility index (Phi) is 5.23. The molecule has 108 valence electrons. The molecule has 0 spiro atoms. The molecule has 4 heteroatoms. The Balaban J connectivity index is 2.20. The molecule has 2 aromatic rings. The number of aryl methyl sites for hydroxylation is 1. The maximum atomic E-state index is 8.23. The van der Waals surface area contributed by atoms with Gasteiger partial charge in [-0.3, -0.25) is 4.98 Å². The molecule has 0 fully saturated rings. The molecular formula is C17H19N3O. The first-order chi connectivity index (χ1) is 10.2. The van der Waals surface area contributed by atoms with Gasteiger partial charge >= 0.3 is 0 Å². The van der Waals surface area contributed by atoms with Crippen molar-refractivity contribution in [1.29, 1.82) is 5.41 Å². The van der Waals surface area contributed by atoms with Crippen molar-refractivity contribution >= 4 is 17.5 Å². The van der Waals surface area contributed by atoms with Crippen LogP contribution in [0.5, 0.6) is 0 Å². The minimum Gasteiger partial charge on any atom is -0.365 e. The minimum atomic E-state index is 0.410. The number of anilines is 1. The zero-order chi connectivity index (χ0) is 15.1. The van der Waals surface area contributed by atoms with Gasteiger partial charge in [-0.05, 0) is 42.8 Å². The number of hydrogen-bond acceptors (Lipinski definition) is 4. The highest BCUT2D eigenvalue weighted by Crippen LogP contribution is 2.19. The monoisotopic (exact) mass is 281 g/mol. The molecule has 2 N–H and O–H groups in total. The number of aromatic nitrogens is 1. The van der Waals surface area contributed by atoms with Crippen molar-refractivity contribution in [2.45, 2.75) is 6.92 Å². The van der Waals surface area contributed by atoms with Gasteiger partial charge in [0.25, 0.3) is 0 Å². The fraction of sp³-hybridized carbons (Fsp3) is 0.176. The van der Waals surface area contributed by atoms with E-state index < -0.39 is 0 Å². The van der Waals surface area contributed by atoms with Gasteiger partial charge in [-0.2, -0.15) is 0 Å². The van der Waals surface area contributed by atoms with Crippen LogP contribution < -0.4 is 5.32 Å². The maximum absolute atomic E-state index is 8.23. The molecule has 0 unspecified atom stereocenters. The first-order valence-corrected chi connectivity index (χ1v) is 6.72. The van der Waals surface area contributed by atoms with Crippen molar-refractivity contribution in [3.05, 3.63) is 65.5 Å². The van der Waals surface area contributed by atoms with Gasteiger partial charge in [0.05, 0.1) is 11.4 Å². The summed E-state index contributed by atoms with van der Waals surface area (Å²) in [7, 11) is 1.63. The van der Waals surface area contributed by atoms with Crippen LogP contribution in [-0.2, 0) is 4.74 Å². The summed E-state index contributed by atoms with van der Waals surface area (Å²) in [4.78, 5) is 4.21. The third-order valence-corrected chi connectivity index (χ3v) is 2.98. The van der Waals surface area contributed by atoms with Crippen molar-refractivity contribution in [1.82, 2.24) is 4.98 Å². The number of benzene rings is 1. The van der Waals surface area contributed by atoms with Crippen LogP contribution in [0.4, 0.5) is 5.69 Å². The molecule has 1 aromatic heterocycles. The fourth-order valence-electron chi connectivity index (χ4n) is 1.92. The Bertz CT molecular complexity index is 636. The summed E-state index contributed by atoms with van der Waals surface area (Å²) in [5.41, 5.74) is 4.14. The summed E-state index contributed by atoms with van der Waals surface area (Å²) in [5.74, 6) is 0. The average molecular weight is 281 g/mol. The molecule has 0 saturated heterocycles. The highest BCUT2D eigenvalue weighted by molar-refractivity contribution is 6.12. The summed E-state index contributed by atoms with van der Waals surface area (Å²) in [6.45, 7) is 2.43. The minimum absolute atomic E-state index is 0.410. The predicted molar refractivity (Wildman–Crippen MR) is 86.8 cm³/mol. The zero-order valence-electron chi connectivity index (χ0n) is 12.3. The summed E-state index contributed by atoms with van der Waals surface area (Å²) in [6, 6.07) is 11.7. The Hall–Kier alpha value is -2.46. The van der Waals surface area contributed by atoms with Crippen molar-refractivity contribution in [2.75, 3.05) is 19.2 Å². The molecule has 1 aromatic carbocycles. The van der Waals surface area contributed by atoms with Crippen LogP contribution in [0.15, 0.2) is 48.7 Å². The quantitative estimate of drug-likeness (QED) is 0.629. The Labute approximate surface area is 125 Å². The number of allylic oxidation sites excluding steroid dienone is 1. The van der Waals surface area contributed by atoms with Crippen molar-refractivity contribution < 1.29 is 4.74 Å². The fourth-order valence-corrected chi connectivity index (χ4v) is 1.92. The molecule has 1 heterocycles. The second kappa shape index (κ2) is 7.36. The smallest absolute Gasteiger partial charge is 0.116 e. The molecular weight excluding hydrogens is 262 g/mol. The molecule has 21 heavy (non-hydrogen) atoms. The van der Waals surface area contributed by atoms with E-state index in [1.165, 1.54) is 0 Å². The number of methoxy groups -OCH3 is 1. The highest BCUT2D eigenvalue weighted by atomic mass is 16.5. The average Bonchev–Trinajstić information content (AvgIpc) is 2.51. The van der Waals surface area contributed by atoms with Gasteiger partial charge in [0.1, 0.15) is 6.73 Å². The van der Waals surface area contributed by atoms with Crippen LogP contribution in [0.1, 0.15) is 16.8 Å². The van der Waals surface area contributed by atoms with Crippen molar-refractivity contribution in [3.63, 3.8) is 0 Å². The van der Waals surface area contributed by atoms with Crippen LogP contribution in [-0.4, -0.2) is 24.5 Å². The summed E-state index contributed by atoms with van der Waals surface area (Å²) < 4.78 is 5.04. The number of nitrogens with zero attached hydrogens (tertiary/aromatic N) is 1. The molecule has 2 rings (SSSR count). The number of pyridine rings is 1. The van der Waals surface area contributed by atoms with Crippen molar-refractivity contribution in [3.8, 4) is 0 Å². The number of hydrogen-bond donors (Lipinski definition) is 2. The van der Waals surface area contributed by atoms with Gasteiger partial charge in [-0.25, -0.2) is 0 Å². The van der Waals surface area contributed by atoms with E-state index in [9.17, 15) is 0 Å². The summed E-state index contributed by atoms with van der Waals surface area (Å²) in [6.07, 6.45) is 5.33. The highest BCUT2D eigenvalue weighted by Gasteiger charge is 2.05. The standard InChI is InChI=1S/C17H19N3O/c1-13-6-8-15(17(11-13)20-12-21-2)16(18)9-7-14-5-3-4-10-19-14/h3-11,18,20H,12H2,1-2H3/b9-7+,18-16?. The van der Waals surface area contributed by atoms with E-state index in [0.29, 0.717) is 12.4 Å². The summed E-state index contributed by atoms with van der Waals surface area (Å²) >= 11 is 0. The molecule has 0 amide bonds. The van der Waals surface area contributed by atoms with Gasteiger partial charge in [0.15, 0.2) is 0 Å². The number of rotatable bonds is 6. The first kappa shape index (κ1) is 14.9. The molecule has 0 bridgehead atoms. The topological polar surface area (TPSA) is 58.0 Å². The Morgan fingerprint density at radius 1 is 1.33 bits per heavy atom. The second-order valence-corrected chi connectivity index (χ2v) is 4.66. The van der Waals surface area contributed by atoms with E-state index >= 15 is 0 Å². The zero-order valence-corrected chi connectivity index (χ0v) is 12.3. The van der Waals surface area contributed by atoms with Gasteiger partial charge in [-0.1, -0.05) is 18.2 Å². The van der Waals surface area contributed by atoms with Gasteiger partial charge < -0.3 is 15.5 Å². The van der Waals surface area contributed by atoms with Gasteiger partial charge in [-0.15, -0.1) is 0 Å². The number of nitrogens with one attached hydrogen (secondary N) is 2. The SMILES string of the molecule is COCNc1cc(C)ccc1C(=N)/C=C/c1ccccn1. The van der Waals surface area contributed by atoms with Crippen LogP contribution in [0.3, 0.4) is 0 Å². The lowest BCUT2D eigenvalue weighted by Gasteiger charge is -2.11. The lowest BCUT2D eigenvalue weighted by molar-refractivity contribution is 0.221. The predicted octanol–water partition coefficient (Wildman–Crippen LogP) is 3.49. The van der Waals surface area contributed by atoms with E-state index in [1.807, 2.05) is 49.4 Å². The Morgan fingerprint density at radius 3 is 2.90 bits per heavy atom. The third kappa shape index (κ3) is 4.26. The first-order valence-electron chi connectivity index (χ1n) is 6.72. The molecule has 0 aliphatic rings. The maximum Gasteiger partial charge on any atom is 0.116 e. The van der Waals surface area contributed by atoms with E-state index in [0.717, 1.165) is 22.5 Å². The van der Waals surface area contributed by atoms with Gasteiger partial charge in [0, 0.05) is 24.6 Å². The largest absolute Gasteiger partial charge is 0.365 e. The van der Waals surface area contributed by atoms with Crippen LogP contribution in [0.25, 0.3) is 6.08 Å². The third-order valence-electron chi connectivity index (χ3n) is 2.98. The molecule has 0 atom stereocenters. The number of ether oxygens (including phenoxy) is 1. The van der Waals surface area contributed by atoms with Crippen LogP contribution in [0.2, 0.25) is 0 Å². The van der Waals surface area contributed by atoms with E-state index in [2.05, 4.69) is 10.3 Å². The normalized spacial score (nSPS) is 10.8. The molecule has 0 aliphatic heterocycles. The second-order valence-electron chi connectivity index (χ2n) is 4.66. The van der Waals surface area contributed by atoms with E-state index in [1.54, 1.807) is 19.4 Å². The van der Waals surface area contributed by atoms with Crippen LogP contribution >= 0.6 is 0 Å². The van der Waals surface area contributed by atoms with Crippen molar-refractivity contribution in [2.24, 2.45) is 0 Å². The Morgan fingerprint density at radius 2 is 2.19 bits per heavy atom. The summed E-state index contributed by atoms with van der Waals surface area (Å²) in [5, 5.41) is 11.4.